The molecule has 0 fully saturated rings. The van der Waals surface area contributed by atoms with Crippen LogP contribution in [0.15, 0.2) is 58.5 Å². The van der Waals surface area contributed by atoms with Crippen LogP contribution in [-0.4, -0.2) is 24.5 Å². The Morgan fingerprint density at radius 3 is 2.79 bits per heavy atom. The summed E-state index contributed by atoms with van der Waals surface area (Å²) in [5.41, 5.74) is 0.157. The third-order valence-corrected chi connectivity index (χ3v) is 4.96. The Morgan fingerprint density at radius 1 is 1.29 bits per heavy atom. The average molecular weight is 402 g/mol. The summed E-state index contributed by atoms with van der Waals surface area (Å²) in [5, 5.41) is 15.7. The Bertz CT molecular complexity index is 889. The van der Waals surface area contributed by atoms with Gasteiger partial charge in [-0.1, -0.05) is 6.07 Å². The van der Waals surface area contributed by atoms with Gasteiger partial charge in [0.05, 0.1) is 28.9 Å². The van der Waals surface area contributed by atoms with E-state index in [9.17, 15) is 14.9 Å². The highest BCUT2D eigenvalue weighted by Crippen LogP contribution is 2.28. The minimum absolute atomic E-state index is 0.116. The second kappa shape index (κ2) is 9.16. The van der Waals surface area contributed by atoms with Crippen molar-refractivity contribution in [2.75, 3.05) is 19.0 Å². The van der Waals surface area contributed by atoms with Crippen molar-refractivity contribution < 1.29 is 23.8 Å². The summed E-state index contributed by atoms with van der Waals surface area (Å²) < 4.78 is 10.6. The van der Waals surface area contributed by atoms with Gasteiger partial charge in [-0.2, -0.15) is 0 Å². The van der Waals surface area contributed by atoms with Gasteiger partial charge in [-0.25, -0.2) is 0 Å². The summed E-state index contributed by atoms with van der Waals surface area (Å²) in [6, 6.07) is 11.8. The first kappa shape index (κ1) is 19.6. The van der Waals surface area contributed by atoms with Crippen molar-refractivity contribution >= 4 is 28.6 Å². The van der Waals surface area contributed by atoms with E-state index in [1.54, 1.807) is 17.6 Å². The molecule has 8 nitrogen and oxygen atoms in total. The van der Waals surface area contributed by atoms with Crippen molar-refractivity contribution in [2.24, 2.45) is 0 Å². The van der Waals surface area contributed by atoms with E-state index in [-0.39, 0.29) is 23.8 Å². The number of benzene rings is 1. The van der Waals surface area contributed by atoms with E-state index in [1.807, 2.05) is 29.6 Å². The number of quaternary nitrogens is 1. The summed E-state index contributed by atoms with van der Waals surface area (Å²) in [7, 11) is 1.45. The standard InChI is InChI=1S/C19H19N3O5S/c1-26-18-7-6-14(22(24)25)10-17(18)20-19(23)13-21(11-15-4-2-8-27-15)12-16-5-3-9-28-16/h2-10H,11-13H2,1H3,(H,20,23)/p+1. The molecular formula is C19H20N3O5S+. The number of non-ortho nitro benzene ring substituents is 1. The van der Waals surface area contributed by atoms with E-state index >= 15 is 0 Å². The number of anilines is 1. The third-order valence-electron chi connectivity index (χ3n) is 4.09. The maximum atomic E-state index is 12.6. The van der Waals surface area contributed by atoms with E-state index in [2.05, 4.69) is 5.32 Å². The second-order valence-corrected chi connectivity index (χ2v) is 7.16. The van der Waals surface area contributed by atoms with Crippen LogP contribution in [0.5, 0.6) is 5.75 Å². The molecule has 28 heavy (non-hydrogen) atoms. The number of furan rings is 1. The number of rotatable bonds is 9. The smallest absolute Gasteiger partial charge is 0.279 e. The lowest BCUT2D eigenvalue weighted by molar-refractivity contribution is -0.920. The molecular weight excluding hydrogens is 382 g/mol. The van der Waals surface area contributed by atoms with Gasteiger partial charge in [0, 0.05) is 12.1 Å². The van der Waals surface area contributed by atoms with Crippen LogP contribution in [0.3, 0.4) is 0 Å². The monoisotopic (exact) mass is 402 g/mol. The van der Waals surface area contributed by atoms with Gasteiger partial charge in [-0.05, 0) is 29.6 Å². The number of ether oxygens (including phenoxy) is 1. The molecule has 0 radical (unpaired) electrons. The molecule has 3 aromatic rings. The van der Waals surface area contributed by atoms with Crippen LogP contribution in [-0.2, 0) is 17.9 Å². The van der Waals surface area contributed by atoms with Crippen LogP contribution in [0.1, 0.15) is 10.6 Å². The second-order valence-electron chi connectivity index (χ2n) is 6.13. The largest absolute Gasteiger partial charge is 0.495 e. The molecule has 1 aromatic carbocycles. The predicted octanol–water partition coefficient (Wildman–Crippen LogP) is 2.48. The summed E-state index contributed by atoms with van der Waals surface area (Å²) in [4.78, 5) is 25.3. The highest BCUT2D eigenvalue weighted by molar-refractivity contribution is 7.09. The van der Waals surface area contributed by atoms with Crippen LogP contribution in [0, 0.1) is 10.1 Å². The first-order chi connectivity index (χ1) is 13.5. The number of nitrogens with zero attached hydrogens (tertiary/aromatic N) is 1. The zero-order valence-electron chi connectivity index (χ0n) is 15.2. The molecule has 9 heteroatoms. The number of carbonyl (C=O) groups excluding carboxylic acids is 1. The number of hydrogen-bond donors (Lipinski definition) is 2. The molecule has 3 rings (SSSR count). The van der Waals surface area contributed by atoms with E-state index < -0.39 is 4.92 Å². The SMILES string of the molecule is COc1ccc([N+](=O)[O-])cc1NC(=O)C[NH+](Cc1ccco1)Cc1cccs1. The summed E-state index contributed by atoms with van der Waals surface area (Å²) in [5.74, 6) is 0.883. The Balaban J connectivity index is 1.72. The molecule has 0 saturated heterocycles. The number of amides is 1. The van der Waals surface area contributed by atoms with Gasteiger partial charge in [-0.3, -0.25) is 14.9 Å². The number of hydrogen-bond acceptors (Lipinski definition) is 6. The van der Waals surface area contributed by atoms with Crippen LogP contribution < -0.4 is 15.0 Å². The van der Waals surface area contributed by atoms with Crippen molar-refractivity contribution in [2.45, 2.75) is 13.1 Å². The molecule has 0 aliphatic rings. The zero-order chi connectivity index (χ0) is 19.9. The van der Waals surface area contributed by atoms with Gasteiger partial charge in [0.1, 0.15) is 18.8 Å². The molecule has 0 saturated carbocycles. The molecule has 2 N–H and O–H groups in total. The normalized spacial score (nSPS) is 11.8. The quantitative estimate of drug-likeness (QED) is 0.423. The van der Waals surface area contributed by atoms with Crippen molar-refractivity contribution in [3.8, 4) is 5.75 Å². The summed E-state index contributed by atoms with van der Waals surface area (Å²) in [6.07, 6.45) is 1.60. The predicted molar refractivity (Wildman–Crippen MR) is 105 cm³/mol. The average Bonchev–Trinajstić information content (AvgIpc) is 3.35. The van der Waals surface area contributed by atoms with Gasteiger partial charge >= 0.3 is 0 Å². The lowest BCUT2D eigenvalue weighted by atomic mass is 10.2. The van der Waals surface area contributed by atoms with Crippen LogP contribution in [0.25, 0.3) is 0 Å². The van der Waals surface area contributed by atoms with Gasteiger partial charge in [-0.15, -0.1) is 11.3 Å². The minimum Gasteiger partial charge on any atom is -0.495 e. The van der Waals surface area contributed by atoms with E-state index in [4.69, 9.17) is 9.15 Å². The number of nitro benzene ring substituents is 1. The van der Waals surface area contributed by atoms with E-state index in [1.165, 1.54) is 25.3 Å². The van der Waals surface area contributed by atoms with Crippen LogP contribution in [0.4, 0.5) is 11.4 Å². The molecule has 0 aliphatic carbocycles. The van der Waals surface area contributed by atoms with Crippen LogP contribution >= 0.6 is 11.3 Å². The Kier molecular flexibility index (Phi) is 6.41. The van der Waals surface area contributed by atoms with Gasteiger partial charge in [0.15, 0.2) is 12.3 Å². The topological polar surface area (TPSA) is 99.0 Å². The van der Waals surface area contributed by atoms with Gasteiger partial charge in [0.25, 0.3) is 11.6 Å². The van der Waals surface area contributed by atoms with E-state index in [0.717, 1.165) is 15.5 Å². The molecule has 0 spiro atoms. The molecule has 0 bridgehead atoms. The van der Waals surface area contributed by atoms with E-state index in [0.29, 0.717) is 18.8 Å². The number of nitro groups is 1. The van der Waals surface area contributed by atoms with Gasteiger partial charge in [0.2, 0.25) is 0 Å². The zero-order valence-corrected chi connectivity index (χ0v) is 16.0. The molecule has 1 unspecified atom stereocenters. The lowest BCUT2D eigenvalue weighted by Gasteiger charge is -2.18. The van der Waals surface area contributed by atoms with Gasteiger partial charge < -0.3 is 19.4 Å². The first-order valence-electron chi connectivity index (χ1n) is 8.55. The minimum atomic E-state index is -0.514. The molecule has 1 amide bonds. The number of methoxy groups -OCH3 is 1. The molecule has 1 atom stereocenters. The molecule has 2 heterocycles. The van der Waals surface area contributed by atoms with Crippen LogP contribution in [0.2, 0.25) is 0 Å². The summed E-state index contributed by atoms with van der Waals surface area (Å²) >= 11 is 1.63. The Morgan fingerprint density at radius 2 is 2.14 bits per heavy atom. The molecule has 2 aromatic heterocycles. The highest BCUT2D eigenvalue weighted by atomic mass is 32.1. The van der Waals surface area contributed by atoms with Crippen molar-refractivity contribution in [3.63, 3.8) is 0 Å². The van der Waals surface area contributed by atoms with Crippen molar-refractivity contribution in [1.29, 1.82) is 0 Å². The Hall–Kier alpha value is -3.17. The first-order valence-corrected chi connectivity index (χ1v) is 9.43. The van der Waals surface area contributed by atoms with Crippen molar-refractivity contribution in [3.05, 3.63) is 74.9 Å². The maximum Gasteiger partial charge on any atom is 0.279 e. The van der Waals surface area contributed by atoms with Crippen molar-refractivity contribution in [1.82, 2.24) is 0 Å². The fourth-order valence-corrected chi connectivity index (χ4v) is 3.61. The number of nitrogens with one attached hydrogen (secondary N) is 2. The lowest BCUT2D eigenvalue weighted by Crippen LogP contribution is -3.10. The maximum absolute atomic E-state index is 12.6. The fourth-order valence-electron chi connectivity index (χ4n) is 2.84. The highest BCUT2D eigenvalue weighted by Gasteiger charge is 2.20. The fraction of sp³-hybridized carbons (Fsp3) is 0.211. The molecule has 146 valence electrons. The molecule has 0 aliphatic heterocycles. The Labute approximate surface area is 165 Å². The summed E-state index contributed by atoms with van der Waals surface area (Å²) in [6.45, 7) is 1.38. The third kappa shape index (κ3) is 5.18. The number of thiophene rings is 1. The number of carbonyl (C=O) groups is 1.